The number of benzene rings is 1. The smallest absolute Gasteiger partial charge is 0.341 e. The number of methoxy groups -OCH3 is 3. The van der Waals surface area contributed by atoms with E-state index in [2.05, 4.69) is 4.74 Å². The normalized spacial score (nSPS) is 10.3. The number of hydrogen-bond acceptors (Lipinski definition) is 5. The molecule has 0 unspecified atom stereocenters. The zero-order valence-corrected chi connectivity index (χ0v) is 10.8. The molecule has 0 saturated heterocycles. The van der Waals surface area contributed by atoms with E-state index < -0.39 is 11.9 Å². The van der Waals surface area contributed by atoms with Crippen LogP contribution in [0.5, 0.6) is 11.5 Å². The molecule has 0 aromatic heterocycles. The van der Waals surface area contributed by atoms with Crippen molar-refractivity contribution >= 4 is 18.0 Å². The van der Waals surface area contributed by atoms with Crippen molar-refractivity contribution in [3.63, 3.8) is 0 Å². The van der Waals surface area contributed by atoms with E-state index in [1.807, 2.05) is 0 Å². The predicted molar refractivity (Wildman–Crippen MR) is 67.6 cm³/mol. The van der Waals surface area contributed by atoms with E-state index >= 15 is 0 Å². The first-order valence-electron chi connectivity index (χ1n) is 5.28. The predicted octanol–water partition coefficient (Wildman–Crippen LogP) is 1.59. The minimum atomic E-state index is -1.10. The standard InChI is InChI=1S/C13H14O6/c1-17-10-7-11(18-2)9(13(16)19-3)6-8(10)4-5-12(14)15/h4-7H,1-3H3,(H,14,15)/b5-4+. The van der Waals surface area contributed by atoms with E-state index in [4.69, 9.17) is 14.6 Å². The Morgan fingerprint density at radius 3 is 2.21 bits per heavy atom. The fourth-order valence-corrected chi connectivity index (χ4v) is 1.48. The maximum absolute atomic E-state index is 11.6. The van der Waals surface area contributed by atoms with Gasteiger partial charge in [0.2, 0.25) is 0 Å². The molecule has 0 aliphatic rings. The number of ether oxygens (including phenoxy) is 3. The van der Waals surface area contributed by atoms with Crippen LogP contribution in [0.3, 0.4) is 0 Å². The van der Waals surface area contributed by atoms with E-state index in [-0.39, 0.29) is 11.3 Å². The molecule has 6 heteroatoms. The third kappa shape index (κ3) is 3.48. The van der Waals surface area contributed by atoms with Crippen LogP contribution in [0.1, 0.15) is 15.9 Å². The summed E-state index contributed by atoms with van der Waals surface area (Å²) < 4.78 is 14.8. The topological polar surface area (TPSA) is 82.1 Å². The Kier molecular flexibility index (Phi) is 4.93. The first kappa shape index (κ1) is 14.6. The van der Waals surface area contributed by atoms with Gasteiger partial charge in [-0.1, -0.05) is 0 Å². The van der Waals surface area contributed by atoms with Crippen molar-refractivity contribution < 1.29 is 28.9 Å². The van der Waals surface area contributed by atoms with E-state index in [9.17, 15) is 9.59 Å². The van der Waals surface area contributed by atoms with Crippen LogP contribution in [-0.2, 0) is 9.53 Å². The lowest BCUT2D eigenvalue weighted by molar-refractivity contribution is -0.131. The number of aliphatic carboxylic acids is 1. The highest BCUT2D eigenvalue weighted by atomic mass is 16.5. The van der Waals surface area contributed by atoms with Crippen molar-refractivity contribution in [3.05, 3.63) is 29.3 Å². The van der Waals surface area contributed by atoms with Gasteiger partial charge in [-0.3, -0.25) is 0 Å². The Bertz CT molecular complexity index is 518. The number of carboxylic acid groups (broad SMARTS) is 1. The molecule has 1 aromatic rings. The highest BCUT2D eigenvalue weighted by Gasteiger charge is 2.16. The number of hydrogen-bond donors (Lipinski definition) is 1. The lowest BCUT2D eigenvalue weighted by Crippen LogP contribution is -2.05. The third-order valence-corrected chi connectivity index (χ3v) is 2.36. The number of carbonyl (C=O) groups excluding carboxylic acids is 1. The summed E-state index contributed by atoms with van der Waals surface area (Å²) in [5.41, 5.74) is 0.627. The molecule has 0 bridgehead atoms. The minimum absolute atomic E-state index is 0.191. The van der Waals surface area contributed by atoms with E-state index in [0.717, 1.165) is 6.08 Å². The van der Waals surface area contributed by atoms with Gasteiger partial charge in [0.25, 0.3) is 0 Å². The van der Waals surface area contributed by atoms with Crippen molar-refractivity contribution in [3.8, 4) is 11.5 Å². The molecule has 1 rings (SSSR count). The molecule has 0 aliphatic heterocycles. The van der Waals surface area contributed by atoms with Crippen molar-refractivity contribution in [2.75, 3.05) is 21.3 Å². The van der Waals surface area contributed by atoms with Crippen LogP contribution in [0.25, 0.3) is 6.08 Å². The van der Waals surface area contributed by atoms with Crippen LogP contribution in [0, 0.1) is 0 Å². The summed E-state index contributed by atoms with van der Waals surface area (Å²) in [6.07, 6.45) is 2.28. The number of esters is 1. The molecule has 6 nitrogen and oxygen atoms in total. The van der Waals surface area contributed by atoms with Gasteiger partial charge < -0.3 is 19.3 Å². The Balaban J connectivity index is 3.36. The maximum Gasteiger partial charge on any atom is 0.341 e. The van der Waals surface area contributed by atoms with E-state index in [1.54, 1.807) is 0 Å². The monoisotopic (exact) mass is 266 g/mol. The molecule has 1 N–H and O–H groups in total. The number of carbonyl (C=O) groups is 2. The zero-order valence-electron chi connectivity index (χ0n) is 10.8. The molecule has 0 aliphatic carbocycles. The Morgan fingerprint density at radius 2 is 1.74 bits per heavy atom. The highest BCUT2D eigenvalue weighted by Crippen LogP contribution is 2.30. The van der Waals surface area contributed by atoms with E-state index in [1.165, 1.54) is 39.5 Å². The fourth-order valence-electron chi connectivity index (χ4n) is 1.48. The second-order valence-corrected chi connectivity index (χ2v) is 3.46. The zero-order chi connectivity index (χ0) is 14.4. The molecule has 0 atom stereocenters. The van der Waals surface area contributed by atoms with Gasteiger partial charge in [0.1, 0.15) is 17.1 Å². The lowest BCUT2D eigenvalue weighted by Gasteiger charge is -2.11. The van der Waals surface area contributed by atoms with Crippen LogP contribution in [0.2, 0.25) is 0 Å². The highest BCUT2D eigenvalue weighted by molar-refractivity contribution is 5.94. The van der Waals surface area contributed by atoms with Gasteiger partial charge in [0, 0.05) is 17.7 Å². The molecule has 0 saturated carbocycles. The first-order valence-corrected chi connectivity index (χ1v) is 5.28. The van der Waals surface area contributed by atoms with Crippen LogP contribution >= 0.6 is 0 Å². The summed E-state index contributed by atoms with van der Waals surface area (Å²) in [4.78, 5) is 22.1. The van der Waals surface area contributed by atoms with Gasteiger partial charge in [-0.2, -0.15) is 0 Å². The molecular weight excluding hydrogens is 252 g/mol. The van der Waals surface area contributed by atoms with Gasteiger partial charge in [0.05, 0.1) is 21.3 Å². The average Bonchev–Trinajstić information content (AvgIpc) is 2.42. The summed E-state index contributed by atoms with van der Waals surface area (Å²) in [5, 5.41) is 8.62. The molecule has 0 radical (unpaired) electrons. The second-order valence-electron chi connectivity index (χ2n) is 3.46. The van der Waals surface area contributed by atoms with Crippen molar-refractivity contribution in [1.82, 2.24) is 0 Å². The van der Waals surface area contributed by atoms with Crippen LogP contribution in [-0.4, -0.2) is 38.4 Å². The average molecular weight is 266 g/mol. The van der Waals surface area contributed by atoms with Crippen LogP contribution < -0.4 is 9.47 Å². The first-order chi connectivity index (χ1) is 9.03. The number of rotatable bonds is 5. The maximum atomic E-state index is 11.6. The van der Waals surface area contributed by atoms with Gasteiger partial charge in [-0.05, 0) is 12.1 Å². The summed E-state index contributed by atoms with van der Waals surface area (Å²) in [6.45, 7) is 0. The van der Waals surface area contributed by atoms with Gasteiger partial charge in [-0.25, -0.2) is 9.59 Å². The summed E-state index contributed by atoms with van der Waals surface area (Å²) in [5.74, 6) is -1.000. The quantitative estimate of drug-likeness (QED) is 0.643. The summed E-state index contributed by atoms with van der Waals surface area (Å²) >= 11 is 0. The molecule has 102 valence electrons. The minimum Gasteiger partial charge on any atom is -0.496 e. The van der Waals surface area contributed by atoms with Crippen molar-refractivity contribution in [2.45, 2.75) is 0 Å². The van der Waals surface area contributed by atoms with Crippen LogP contribution in [0.4, 0.5) is 0 Å². The summed E-state index contributed by atoms with van der Waals surface area (Å²) in [6, 6.07) is 2.94. The fraction of sp³-hybridized carbons (Fsp3) is 0.231. The lowest BCUT2D eigenvalue weighted by atomic mass is 10.1. The molecule has 0 amide bonds. The third-order valence-electron chi connectivity index (χ3n) is 2.36. The molecular formula is C13H14O6. The molecule has 0 fully saturated rings. The number of carboxylic acids is 1. The largest absolute Gasteiger partial charge is 0.496 e. The van der Waals surface area contributed by atoms with E-state index in [0.29, 0.717) is 11.3 Å². The van der Waals surface area contributed by atoms with Crippen molar-refractivity contribution in [1.29, 1.82) is 0 Å². The van der Waals surface area contributed by atoms with Crippen molar-refractivity contribution in [2.24, 2.45) is 0 Å². The van der Waals surface area contributed by atoms with Gasteiger partial charge >= 0.3 is 11.9 Å². The Morgan fingerprint density at radius 1 is 1.11 bits per heavy atom. The van der Waals surface area contributed by atoms with Crippen LogP contribution in [0.15, 0.2) is 18.2 Å². The Labute approximate surface area is 110 Å². The van der Waals surface area contributed by atoms with Gasteiger partial charge in [-0.15, -0.1) is 0 Å². The molecule has 0 heterocycles. The SMILES string of the molecule is COC(=O)c1cc(/C=C/C(=O)O)c(OC)cc1OC. The molecule has 19 heavy (non-hydrogen) atoms. The second kappa shape index (κ2) is 6.44. The molecule has 1 aromatic carbocycles. The summed E-state index contributed by atoms with van der Waals surface area (Å²) in [7, 11) is 4.09. The Hall–Kier alpha value is -2.50. The molecule has 0 spiro atoms. The van der Waals surface area contributed by atoms with Gasteiger partial charge in [0.15, 0.2) is 0 Å².